The monoisotopic (exact) mass is 320 g/mol. The number of halogens is 1. The van der Waals surface area contributed by atoms with E-state index in [-0.39, 0.29) is 6.01 Å². The number of methoxy groups -OCH3 is 1. The Hall–Kier alpha value is -1.88. The molecule has 0 saturated carbocycles. The third kappa shape index (κ3) is 4.06. The SMILES string of the molecule is COc1nc(OC/C=C/c2ccccc2)ncc1Br. The molecule has 4 nitrogen and oxygen atoms in total. The molecular formula is C14H13BrN2O2. The van der Waals surface area contributed by atoms with Crippen molar-refractivity contribution in [2.45, 2.75) is 0 Å². The highest BCUT2D eigenvalue weighted by molar-refractivity contribution is 9.10. The largest absolute Gasteiger partial charge is 0.480 e. The van der Waals surface area contributed by atoms with Gasteiger partial charge < -0.3 is 9.47 Å². The van der Waals surface area contributed by atoms with Gasteiger partial charge >= 0.3 is 6.01 Å². The van der Waals surface area contributed by atoms with E-state index in [0.29, 0.717) is 17.0 Å². The molecule has 0 atom stereocenters. The first kappa shape index (κ1) is 13.5. The molecule has 0 aliphatic rings. The van der Waals surface area contributed by atoms with E-state index in [1.54, 1.807) is 13.3 Å². The molecule has 1 aromatic carbocycles. The average molecular weight is 321 g/mol. The van der Waals surface area contributed by atoms with Crippen molar-refractivity contribution in [3.05, 3.63) is 52.6 Å². The molecule has 5 heteroatoms. The zero-order valence-corrected chi connectivity index (χ0v) is 12.0. The number of aromatic nitrogens is 2. The topological polar surface area (TPSA) is 44.2 Å². The van der Waals surface area contributed by atoms with E-state index >= 15 is 0 Å². The summed E-state index contributed by atoms with van der Waals surface area (Å²) in [5.74, 6) is 0.456. The predicted octanol–water partition coefficient (Wildman–Crippen LogP) is 3.34. The quantitative estimate of drug-likeness (QED) is 0.847. The maximum atomic E-state index is 5.42. The third-order valence-electron chi connectivity index (χ3n) is 2.30. The highest BCUT2D eigenvalue weighted by atomic mass is 79.9. The van der Waals surface area contributed by atoms with Gasteiger partial charge in [-0.2, -0.15) is 4.98 Å². The van der Waals surface area contributed by atoms with Crippen molar-refractivity contribution >= 4 is 22.0 Å². The highest BCUT2D eigenvalue weighted by Crippen LogP contribution is 2.22. The summed E-state index contributed by atoms with van der Waals surface area (Å²) in [5.41, 5.74) is 1.13. The second-order valence-electron chi connectivity index (χ2n) is 3.63. The Morgan fingerprint density at radius 1 is 1.26 bits per heavy atom. The molecular weight excluding hydrogens is 308 g/mol. The van der Waals surface area contributed by atoms with Gasteiger partial charge in [0, 0.05) is 0 Å². The molecule has 0 N–H and O–H groups in total. The number of nitrogens with zero attached hydrogens (tertiary/aromatic N) is 2. The lowest BCUT2D eigenvalue weighted by molar-refractivity contribution is 0.318. The molecule has 2 aromatic rings. The molecule has 0 amide bonds. The van der Waals surface area contributed by atoms with Gasteiger partial charge in [-0.05, 0) is 27.6 Å². The minimum atomic E-state index is 0.290. The number of hydrogen-bond acceptors (Lipinski definition) is 4. The van der Waals surface area contributed by atoms with Gasteiger partial charge in [-0.15, -0.1) is 0 Å². The van der Waals surface area contributed by atoms with E-state index in [4.69, 9.17) is 9.47 Å². The Bertz CT molecular complexity index is 559. The smallest absolute Gasteiger partial charge is 0.320 e. The van der Waals surface area contributed by atoms with Gasteiger partial charge in [0.2, 0.25) is 5.88 Å². The van der Waals surface area contributed by atoms with Crippen LogP contribution in [0.1, 0.15) is 5.56 Å². The fourth-order valence-electron chi connectivity index (χ4n) is 1.42. The second-order valence-corrected chi connectivity index (χ2v) is 4.49. The molecule has 0 fully saturated rings. The second kappa shape index (κ2) is 6.89. The van der Waals surface area contributed by atoms with Crippen molar-refractivity contribution in [1.29, 1.82) is 0 Å². The van der Waals surface area contributed by atoms with E-state index in [1.807, 2.05) is 42.5 Å². The summed E-state index contributed by atoms with van der Waals surface area (Å²) in [7, 11) is 1.55. The van der Waals surface area contributed by atoms with E-state index in [9.17, 15) is 0 Å². The van der Waals surface area contributed by atoms with Crippen LogP contribution in [0.5, 0.6) is 11.9 Å². The third-order valence-corrected chi connectivity index (χ3v) is 2.85. The Kier molecular flexibility index (Phi) is 4.92. The van der Waals surface area contributed by atoms with E-state index < -0.39 is 0 Å². The molecule has 0 unspecified atom stereocenters. The first-order valence-electron chi connectivity index (χ1n) is 5.70. The molecule has 0 aliphatic heterocycles. The maximum absolute atomic E-state index is 5.42. The first-order chi connectivity index (χ1) is 9.29. The number of benzene rings is 1. The standard InChI is InChI=1S/C14H13BrN2O2/c1-18-13-12(15)10-16-14(17-13)19-9-5-8-11-6-3-2-4-7-11/h2-8,10H,9H2,1H3/b8-5+. The molecule has 1 heterocycles. The maximum Gasteiger partial charge on any atom is 0.320 e. The summed E-state index contributed by atoms with van der Waals surface area (Å²) in [6.07, 6.45) is 5.49. The fourth-order valence-corrected chi connectivity index (χ4v) is 1.77. The van der Waals surface area contributed by atoms with Gasteiger partial charge in [0.25, 0.3) is 0 Å². The van der Waals surface area contributed by atoms with Gasteiger partial charge in [0.15, 0.2) is 0 Å². The van der Waals surface area contributed by atoms with Crippen LogP contribution in [-0.2, 0) is 0 Å². The van der Waals surface area contributed by atoms with Crippen LogP contribution in [0.4, 0.5) is 0 Å². The first-order valence-corrected chi connectivity index (χ1v) is 6.50. The summed E-state index contributed by atoms with van der Waals surface area (Å²) in [5, 5.41) is 0. The molecule has 19 heavy (non-hydrogen) atoms. The lowest BCUT2D eigenvalue weighted by Gasteiger charge is -2.04. The zero-order valence-electron chi connectivity index (χ0n) is 10.4. The normalized spacial score (nSPS) is 10.6. The van der Waals surface area contributed by atoms with Gasteiger partial charge in [-0.1, -0.05) is 36.4 Å². The van der Waals surface area contributed by atoms with Crippen molar-refractivity contribution in [1.82, 2.24) is 9.97 Å². The van der Waals surface area contributed by atoms with Crippen molar-refractivity contribution < 1.29 is 9.47 Å². The molecule has 98 valence electrons. The molecule has 0 spiro atoms. The lowest BCUT2D eigenvalue weighted by Crippen LogP contribution is -2.00. The van der Waals surface area contributed by atoms with E-state index in [0.717, 1.165) is 5.56 Å². The number of ether oxygens (including phenoxy) is 2. The van der Waals surface area contributed by atoms with Crippen molar-refractivity contribution in [3.8, 4) is 11.9 Å². The minimum absolute atomic E-state index is 0.290. The summed E-state index contributed by atoms with van der Waals surface area (Å²) >= 11 is 3.28. The van der Waals surface area contributed by atoms with Crippen LogP contribution in [0.25, 0.3) is 6.08 Å². The van der Waals surface area contributed by atoms with Crippen LogP contribution in [0.3, 0.4) is 0 Å². The summed E-state index contributed by atoms with van der Waals surface area (Å²) in [6.45, 7) is 0.402. The Morgan fingerprint density at radius 3 is 2.79 bits per heavy atom. The minimum Gasteiger partial charge on any atom is -0.480 e. The van der Waals surface area contributed by atoms with E-state index in [1.165, 1.54) is 0 Å². The van der Waals surface area contributed by atoms with Crippen LogP contribution in [-0.4, -0.2) is 23.7 Å². The lowest BCUT2D eigenvalue weighted by atomic mass is 10.2. The Morgan fingerprint density at radius 2 is 2.05 bits per heavy atom. The zero-order chi connectivity index (χ0) is 13.5. The Labute approximate surface area is 120 Å². The molecule has 1 aromatic heterocycles. The molecule has 0 saturated heterocycles. The predicted molar refractivity (Wildman–Crippen MR) is 77.3 cm³/mol. The molecule has 2 rings (SSSR count). The number of hydrogen-bond donors (Lipinski definition) is 0. The number of rotatable bonds is 5. The van der Waals surface area contributed by atoms with Crippen molar-refractivity contribution in [2.75, 3.05) is 13.7 Å². The van der Waals surface area contributed by atoms with E-state index in [2.05, 4.69) is 25.9 Å². The highest BCUT2D eigenvalue weighted by Gasteiger charge is 2.04. The van der Waals surface area contributed by atoms with Gasteiger partial charge in [0.05, 0.1) is 17.8 Å². The average Bonchev–Trinajstić information content (AvgIpc) is 2.46. The Balaban J connectivity index is 1.91. The van der Waals surface area contributed by atoms with Crippen molar-refractivity contribution in [2.24, 2.45) is 0 Å². The summed E-state index contributed by atoms with van der Waals surface area (Å²) in [4.78, 5) is 8.14. The van der Waals surface area contributed by atoms with Gasteiger partial charge in [0.1, 0.15) is 6.61 Å². The molecule has 0 aliphatic carbocycles. The van der Waals surface area contributed by atoms with Crippen LogP contribution < -0.4 is 9.47 Å². The molecule has 0 bridgehead atoms. The molecule has 0 radical (unpaired) electrons. The van der Waals surface area contributed by atoms with Crippen LogP contribution in [0.15, 0.2) is 47.1 Å². The summed E-state index contributed by atoms with van der Waals surface area (Å²) < 4.78 is 11.2. The van der Waals surface area contributed by atoms with Gasteiger partial charge in [-0.3, -0.25) is 0 Å². The van der Waals surface area contributed by atoms with Crippen LogP contribution in [0.2, 0.25) is 0 Å². The van der Waals surface area contributed by atoms with Crippen LogP contribution >= 0.6 is 15.9 Å². The van der Waals surface area contributed by atoms with Gasteiger partial charge in [-0.25, -0.2) is 4.98 Å². The van der Waals surface area contributed by atoms with Crippen molar-refractivity contribution in [3.63, 3.8) is 0 Å². The van der Waals surface area contributed by atoms with Crippen LogP contribution in [0, 0.1) is 0 Å². The summed E-state index contributed by atoms with van der Waals surface area (Å²) in [6, 6.07) is 10.3. The fraction of sp³-hybridized carbons (Fsp3) is 0.143.